The first-order valence-corrected chi connectivity index (χ1v) is 9.02. The van der Waals surface area contributed by atoms with Crippen molar-refractivity contribution >= 4 is 46.4 Å². The molecule has 2 N–H and O–H groups in total. The molecule has 6 nitrogen and oxygen atoms in total. The average molecular weight is 386 g/mol. The lowest BCUT2D eigenvalue weighted by atomic mass is 10.1. The Morgan fingerprint density at radius 3 is 2.41 bits per heavy atom. The van der Waals surface area contributed by atoms with Crippen LogP contribution >= 0.6 is 11.6 Å². The van der Waals surface area contributed by atoms with Crippen molar-refractivity contribution in [1.82, 2.24) is 0 Å². The van der Waals surface area contributed by atoms with Crippen LogP contribution in [0, 0.1) is 13.8 Å². The van der Waals surface area contributed by atoms with Gasteiger partial charge in [-0.2, -0.15) is 0 Å². The molecule has 0 unspecified atom stereocenters. The number of rotatable bonds is 3. The van der Waals surface area contributed by atoms with Crippen LogP contribution in [-0.2, 0) is 14.4 Å². The lowest BCUT2D eigenvalue weighted by Crippen LogP contribution is -2.29. The minimum atomic E-state index is -0.795. The average Bonchev–Trinajstić information content (AvgIpc) is 3.05. The van der Waals surface area contributed by atoms with Crippen LogP contribution in [0.1, 0.15) is 24.0 Å². The second-order valence-electron chi connectivity index (χ2n) is 6.52. The van der Waals surface area contributed by atoms with E-state index < -0.39 is 11.8 Å². The highest BCUT2D eigenvalue weighted by molar-refractivity contribution is 6.44. The molecular formula is C20H20ClN3O3. The summed E-state index contributed by atoms with van der Waals surface area (Å²) >= 11 is 5.93. The van der Waals surface area contributed by atoms with Gasteiger partial charge in [0.2, 0.25) is 5.91 Å². The second-order valence-corrected chi connectivity index (χ2v) is 6.95. The predicted molar refractivity (Wildman–Crippen MR) is 106 cm³/mol. The molecule has 7 heteroatoms. The van der Waals surface area contributed by atoms with Crippen LogP contribution in [0.5, 0.6) is 0 Å². The molecular weight excluding hydrogens is 366 g/mol. The molecule has 27 heavy (non-hydrogen) atoms. The summed E-state index contributed by atoms with van der Waals surface area (Å²) in [5.41, 5.74) is 3.42. The molecule has 3 amide bonds. The Hall–Kier alpha value is -2.86. The number of hydrogen-bond donors (Lipinski definition) is 2. The van der Waals surface area contributed by atoms with Gasteiger partial charge in [0.25, 0.3) is 0 Å². The van der Waals surface area contributed by atoms with Gasteiger partial charge in [0, 0.05) is 35.1 Å². The summed E-state index contributed by atoms with van der Waals surface area (Å²) in [7, 11) is 0. The number of hydrogen-bond acceptors (Lipinski definition) is 3. The highest BCUT2D eigenvalue weighted by atomic mass is 35.5. The van der Waals surface area contributed by atoms with Crippen molar-refractivity contribution in [1.29, 1.82) is 0 Å². The van der Waals surface area contributed by atoms with Crippen molar-refractivity contribution < 1.29 is 14.4 Å². The molecule has 0 bridgehead atoms. The van der Waals surface area contributed by atoms with Crippen molar-refractivity contribution in [3.63, 3.8) is 0 Å². The summed E-state index contributed by atoms with van der Waals surface area (Å²) < 4.78 is 0. The van der Waals surface area contributed by atoms with E-state index in [0.29, 0.717) is 29.4 Å². The van der Waals surface area contributed by atoms with Crippen molar-refractivity contribution in [2.24, 2.45) is 0 Å². The van der Waals surface area contributed by atoms with Crippen molar-refractivity contribution in [3.8, 4) is 0 Å². The van der Waals surface area contributed by atoms with Gasteiger partial charge in [0.05, 0.1) is 0 Å². The van der Waals surface area contributed by atoms with E-state index in [4.69, 9.17) is 11.6 Å². The molecule has 0 spiro atoms. The lowest BCUT2D eigenvalue weighted by molar-refractivity contribution is -0.133. The first-order chi connectivity index (χ1) is 12.8. The quantitative estimate of drug-likeness (QED) is 0.791. The van der Waals surface area contributed by atoms with E-state index in [1.807, 2.05) is 19.9 Å². The van der Waals surface area contributed by atoms with Crippen LogP contribution in [-0.4, -0.2) is 24.3 Å². The number of nitrogens with one attached hydrogen (secondary N) is 2. The van der Waals surface area contributed by atoms with E-state index in [-0.39, 0.29) is 5.91 Å². The number of aryl methyl sites for hydroxylation is 2. The minimum absolute atomic E-state index is 0.0655. The van der Waals surface area contributed by atoms with E-state index in [1.165, 1.54) is 0 Å². The van der Waals surface area contributed by atoms with Crippen LogP contribution in [0.3, 0.4) is 0 Å². The molecule has 0 aliphatic carbocycles. The zero-order valence-electron chi connectivity index (χ0n) is 15.1. The molecule has 2 aromatic carbocycles. The molecule has 0 aromatic heterocycles. The number of benzene rings is 2. The summed E-state index contributed by atoms with van der Waals surface area (Å²) in [6, 6.07) is 10.3. The molecule has 2 aromatic rings. The molecule has 0 saturated carbocycles. The zero-order valence-corrected chi connectivity index (χ0v) is 15.9. The first-order valence-electron chi connectivity index (χ1n) is 8.64. The van der Waals surface area contributed by atoms with Gasteiger partial charge < -0.3 is 15.5 Å². The Bertz CT molecular complexity index is 927. The van der Waals surface area contributed by atoms with E-state index in [1.54, 1.807) is 35.2 Å². The summed E-state index contributed by atoms with van der Waals surface area (Å²) in [5.74, 6) is -1.52. The number of carbonyl (C=O) groups excluding carboxylic acids is 3. The predicted octanol–water partition coefficient (Wildman–Crippen LogP) is 3.66. The van der Waals surface area contributed by atoms with Gasteiger partial charge in [-0.3, -0.25) is 14.4 Å². The van der Waals surface area contributed by atoms with Crippen LogP contribution in [0.25, 0.3) is 0 Å². The smallest absolute Gasteiger partial charge is 0.314 e. The molecule has 1 heterocycles. The third-order valence-corrected chi connectivity index (χ3v) is 4.72. The van der Waals surface area contributed by atoms with Crippen molar-refractivity contribution in [3.05, 3.63) is 52.5 Å². The third-order valence-electron chi connectivity index (χ3n) is 4.49. The Morgan fingerprint density at radius 1 is 1.00 bits per heavy atom. The minimum Gasteiger partial charge on any atom is -0.318 e. The SMILES string of the molecule is Cc1ccc(Cl)cc1NC(=O)C(=O)Nc1ccc(C)c(N2CCCC2=O)c1. The molecule has 1 aliphatic rings. The summed E-state index contributed by atoms with van der Waals surface area (Å²) in [6.45, 7) is 4.37. The van der Waals surface area contributed by atoms with Gasteiger partial charge in [-0.15, -0.1) is 0 Å². The molecule has 0 radical (unpaired) electrons. The number of carbonyl (C=O) groups is 3. The number of anilines is 3. The van der Waals surface area contributed by atoms with Crippen molar-refractivity contribution in [2.45, 2.75) is 26.7 Å². The summed E-state index contributed by atoms with van der Waals surface area (Å²) in [5, 5.41) is 5.61. The maximum atomic E-state index is 12.3. The van der Waals surface area contributed by atoms with Crippen LogP contribution in [0.15, 0.2) is 36.4 Å². The van der Waals surface area contributed by atoms with E-state index in [2.05, 4.69) is 10.6 Å². The number of amides is 3. The third kappa shape index (κ3) is 4.28. The monoisotopic (exact) mass is 385 g/mol. The summed E-state index contributed by atoms with van der Waals surface area (Å²) in [4.78, 5) is 38.2. The highest BCUT2D eigenvalue weighted by Gasteiger charge is 2.23. The topological polar surface area (TPSA) is 78.5 Å². The number of halogens is 1. The normalized spacial score (nSPS) is 13.6. The molecule has 1 aliphatic heterocycles. The fourth-order valence-corrected chi connectivity index (χ4v) is 3.15. The van der Waals surface area contributed by atoms with Gasteiger partial charge in [-0.1, -0.05) is 23.7 Å². The molecule has 3 rings (SSSR count). The maximum absolute atomic E-state index is 12.3. The lowest BCUT2D eigenvalue weighted by Gasteiger charge is -2.19. The van der Waals surface area contributed by atoms with Crippen LogP contribution < -0.4 is 15.5 Å². The molecule has 1 saturated heterocycles. The largest absolute Gasteiger partial charge is 0.318 e. The Kier molecular flexibility index (Phi) is 5.46. The standard InChI is InChI=1S/C20H20ClN3O3/c1-12-5-7-14(21)10-16(12)23-20(27)19(26)22-15-8-6-13(2)17(11-15)24-9-3-4-18(24)25/h5-8,10-11H,3-4,9H2,1-2H3,(H,22,26)(H,23,27). The Balaban J connectivity index is 1.73. The highest BCUT2D eigenvalue weighted by Crippen LogP contribution is 2.28. The maximum Gasteiger partial charge on any atom is 0.314 e. The fourth-order valence-electron chi connectivity index (χ4n) is 2.98. The fraction of sp³-hybridized carbons (Fsp3) is 0.250. The Labute approximate surface area is 162 Å². The summed E-state index contributed by atoms with van der Waals surface area (Å²) in [6.07, 6.45) is 1.34. The van der Waals surface area contributed by atoms with Crippen LogP contribution in [0.4, 0.5) is 17.1 Å². The zero-order chi connectivity index (χ0) is 19.6. The first kappa shape index (κ1) is 18.9. The molecule has 1 fully saturated rings. The second kappa shape index (κ2) is 7.80. The van der Waals surface area contributed by atoms with Gasteiger partial charge in [-0.25, -0.2) is 0 Å². The van der Waals surface area contributed by atoms with Crippen LogP contribution in [0.2, 0.25) is 5.02 Å². The van der Waals surface area contributed by atoms with E-state index in [0.717, 1.165) is 23.2 Å². The van der Waals surface area contributed by atoms with Gasteiger partial charge >= 0.3 is 11.8 Å². The molecule has 140 valence electrons. The van der Waals surface area contributed by atoms with Gasteiger partial charge in [0.1, 0.15) is 0 Å². The molecule has 0 atom stereocenters. The van der Waals surface area contributed by atoms with E-state index in [9.17, 15) is 14.4 Å². The van der Waals surface area contributed by atoms with Gasteiger partial charge in [-0.05, 0) is 55.7 Å². The van der Waals surface area contributed by atoms with E-state index >= 15 is 0 Å². The van der Waals surface area contributed by atoms with Crippen molar-refractivity contribution in [2.75, 3.05) is 22.1 Å². The Morgan fingerprint density at radius 2 is 1.70 bits per heavy atom. The number of nitrogens with zero attached hydrogens (tertiary/aromatic N) is 1. The van der Waals surface area contributed by atoms with Gasteiger partial charge in [0.15, 0.2) is 0 Å².